The Labute approximate surface area is 191 Å². The molecule has 0 atom stereocenters. The molecule has 1 amide bonds. The van der Waals surface area contributed by atoms with Crippen molar-refractivity contribution in [3.63, 3.8) is 0 Å². The molecule has 2 aliphatic rings. The van der Waals surface area contributed by atoms with E-state index in [1.165, 1.54) is 25.9 Å². The van der Waals surface area contributed by atoms with Gasteiger partial charge in [0, 0.05) is 12.3 Å². The summed E-state index contributed by atoms with van der Waals surface area (Å²) >= 11 is 1.58. The quantitative estimate of drug-likeness (QED) is 0.183. The predicted molar refractivity (Wildman–Crippen MR) is 135 cm³/mol. The van der Waals surface area contributed by atoms with Gasteiger partial charge in [0.25, 0.3) is 0 Å². The molecule has 1 aromatic rings. The van der Waals surface area contributed by atoms with E-state index in [0.717, 1.165) is 30.7 Å². The van der Waals surface area contributed by atoms with E-state index in [1.54, 1.807) is 17.8 Å². The number of rotatable bonds is 7. The fourth-order valence-corrected chi connectivity index (χ4v) is 3.73. The molecule has 1 saturated heterocycles. The highest BCUT2D eigenvalue weighted by atomic mass is 32.2. The molecule has 2 aliphatic heterocycles. The first-order chi connectivity index (χ1) is 14.9. The van der Waals surface area contributed by atoms with Crippen molar-refractivity contribution in [2.24, 2.45) is 0 Å². The lowest BCUT2D eigenvalue weighted by Gasteiger charge is -2.19. The Morgan fingerprint density at radius 3 is 2.61 bits per heavy atom. The first-order valence-corrected chi connectivity index (χ1v) is 11.8. The van der Waals surface area contributed by atoms with E-state index in [1.807, 2.05) is 13.8 Å². The summed E-state index contributed by atoms with van der Waals surface area (Å²) in [7, 11) is 0. The molecule has 3 heterocycles. The molecule has 0 unspecified atom stereocenters. The number of likely N-dealkylation sites (tertiary alicyclic amines) is 1. The van der Waals surface area contributed by atoms with E-state index in [0.29, 0.717) is 22.5 Å². The largest absolute Gasteiger partial charge is 0.382 e. The highest BCUT2D eigenvalue weighted by Crippen LogP contribution is 2.30. The van der Waals surface area contributed by atoms with Crippen molar-refractivity contribution in [2.45, 2.75) is 51.6 Å². The zero-order valence-corrected chi connectivity index (χ0v) is 20.1. The lowest BCUT2D eigenvalue weighted by molar-refractivity contribution is -0.114. The maximum absolute atomic E-state index is 11.2. The number of nitrogens with one attached hydrogen (secondary N) is 2. The van der Waals surface area contributed by atoms with Gasteiger partial charge < -0.3 is 16.4 Å². The molecule has 0 radical (unpaired) electrons. The van der Waals surface area contributed by atoms with Gasteiger partial charge in [-0.25, -0.2) is 9.97 Å². The highest BCUT2D eigenvalue weighted by Gasteiger charge is 2.19. The third-order valence-corrected chi connectivity index (χ3v) is 5.22. The second-order valence-electron chi connectivity index (χ2n) is 7.38. The number of unbranched alkanes of at least 4 members (excludes halogenated alkanes) is 1. The topological polar surface area (TPSA) is 96.2 Å². The van der Waals surface area contributed by atoms with Crippen LogP contribution in [-0.4, -0.2) is 52.7 Å². The van der Waals surface area contributed by atoms with Crippen LogP contribution in [0, 0.1) is 0 Å². The average Bonchev–Trinajstić information content (AvgIpc) is 3.23. The van der Waals surface area contributed by atoms with Crippen LogP contribution in [0.2, 0.25) is 0 Å². The number of anilines is 3. The van der Waals surface area contributed by atoms with Crippen LogP contribution >= 0.6 is 11.8 Å². The van der Waals surface area contributed by atoms with Crippen molar-refractivity contribution in [3.05, 3.63) is 37.0 Å². The summed E-state index contributed by atoms with van der Waals surface area (Å²) < 4.78 is 0. The SMILES string of the molecule is C=C(C)/C=C/CN1CCCC1.C=CC.CCCCSc1nc(N)c2c(n1)NCC(=O)N2. The van der Waals surface area contributed by atoms with Crippen molar-refractivity contribution in [1.82, 2.24) is 14.9 Å². The van der Waals surface area contributed by atoms with Gasteiger partial charge in [-0.1, -0.05) is 55.5 Å². The van der Waals surface area contributed by atoms with Gasteiger partial charge in [-0.15, -0.1) is 6.58 Å². The summed E-state index contributed by atoms with van der Waals surface area (Å²) in [5.41, 5.74) is 7.42. The molecule has 31 heavy (non-hydrogen) atoms. The Morgan fingerprint density at radius 2 is 2.00 bits per heavy atom. The van der Waals surface area contributed by atoms with Crippen LogP contribution in [0.15, 0.2) is 42.1 Å². The van der Waals surface area contributed by atoms with Gasteiger partial charge in [0.2, 0.25) is 5.91 Å². The second-order valence-corrected chi connectivity index (χ2v) is 8.45. The number of thioether (sulfide) groups is 1. The first kappa shape index (κ1) is 26.7. The average molecular weight is 447 g/mol. The number of carbonyl (C=O) groups excluding carboxylic acids is 1. The van der Waals surface area contributed by atoms with Crippen LogP contribution < -0.4 is 16.4 Å². The number of carbonyl (C=O) groups is 1. The monoisotopic (exact) mass is 446 g/mol. The fourth-order valence-electron chi connectivity index (χ4n) is 2.80. The molecule has 4 N–H and O–H groups in total. The smallest absolute Gasteiger partial charge is 0.243 e. The molecular formula is C23H38N6OS. The van der Waals surface area contributed by atoms with E-state index in [4.69, 9.17) is 5.73 Å². The maximum atomic E-state index is 11.2. The number of fused-ring (bicyclic) bond motifs is 1. The van der Waals surface area contributed by atoms with Gasteiger partial charge in [-0.3, -0.25) is 9.69 Å². The van der Waals surface area contributed by atoms with Gasteiger partial charge in [0.15, 0.2) is 16.8 Å². The van der Waals surface area contributed by atoms with E-state index in [-0.39, 0.29) is 12.5 Å². The van der Waals surface area contributed by atoms with Crippen LogP contribution in [-0.2, 0) is 4.79 Å². The lowest BCUT2D eigenvalue weighted by Crippen LogP contribution is -2.29. The van der Waals surface area contributed by atoms with Crippen molar-refractivity contribution >= 4 is 35.0 Å². The van der Waals surface area contributed by atoms with Gasteiger partial charge >= 0.3 is 0 Å². The molecular weight excluding hydrogens is 408 g/mol. The number of nitrogen functional groups attached to an aromatic ring is 1. The minimum absolute atomic E-state index is 0.126. The molecule has 0 saturated carbocycles. The predicted octanol–water partition coefficient (Wildman–Crippen LogP) is 4.72. The maximum Gasteiger partial charge on any atom is 0.243 e. The molecule has 1 fully saturated rings. The van der Waals surface area contributed by atoms with Crippen LogP contribution in [0.25, 0.3) is 0 Å². The number of allylic oxidation sites excluding steroid dienone is 3. The van der Waals surface area contributed by atoms with Crippen molar-refractivity contribution in [1.29, 1.82) is 0 Å². The molecule has 0 aliphatic carbocycles. The molecule has 0 spiro atoms. The highest BCUT2D eigenvalue weighted by molar-refractivity contribution is 7.99. The standard InChI is InChI=1S/C10H15N5OS.C10H17N.C3H6/c1-2-3-4-17-10-14-8(11)7-9(15-10)12-5-6(16)13-7;1-10(2)6-5-9-11-7-3-4-8-11;1-3-2/h2-5H2,1H3,(H,13,16)(H3,11,12,14,15);5-6H,1,3-4,7-9H2,2H3;3H,1H2,2H3/b;6-5+;. The van der Waals surface area contributed by atoms with Gasteiger partial charge in [0.1, 0.15) is 5.69 Å². The molecule has 172 valence electrons. The summed E-state index contributed by atoms with van der Waals surface area (Å²) in [6.07, 6.45) is 11.1. The summed E-state index contributed by atoms with van der Waals surface area (Å²) in [6.45, 7) is 17.1. The molecule has 8 heteroatoms. The van der Waals surface area contributed by atoms with Crippen LogP contribution in [0.1, 0.15) is 46.5 Å². The lowest BCUT2D eigenvalue weighted by atomic mass is 10.3. The Morgan fingerprint density at radius 1 is 1.32 bits per heavy atom. The van der Waals surface area contributed by atoms with E-state index < -0.39 is 0 Å². The summed E-state index contributed by atoms with van der Waals surface area (Å²) in [5.74, 6) is 1.77. The molecule has 1 aromatic heterocycles. The third-order valence-electron chi connectivity index (χ3n) is 4.29. The minimum Gasteiger partial charge on any atom is -0.382 e. The minimum atomic E-state index is -0.126. The van der Waals surface area contributed by atoms with E-state index in [2.05, 4.69) is 57.7 Å². The first-order valence-electron chi connectivity index (χ1n) is 10.9. The Bertz CT molecular complexity index is 744. The Hall–Kier alpha value is -2.32. The molecule has 0 bridgehead atoms. The number of hydrogen-bond donors (Lipinski definition) is 3. The van der Waals surface area contributed by atoms with Gasteiger partial charge in [-0.05, 0) is 46.2 Å². The number of aromatic nitrogens is 2. The summed E-state index contributed by atoms with van der Waals surface area (Å²) in [4.78, 5) is 22.1. The second kappa shape index (κ2) is 15.5. The number of hydrogen-bond acceptors (Lipinski definition) is 7. The third kappa shape index (κ3) is 11.0. The van der Waals surface area contributed by atoms with Crippen molar-refractivity contribution in [2.75, 3.05) is 48.3 Å². The van der Waals surface area contributed by atoms with Crippen LogP contribution in [0.4, 0.5) is 17.3 Å². The van der Waals surface area contributed by atoms with Crippen molar-refractivity contribution in [3.8, 4) is 0 Å². The number of nitrogens with zero attached hydrogens (tertiary/aromatic N) is 3. The molecule has 3 rings (SSSR count). The molecule has 0 aromatic carbocycles. The van der Waals surface area contributed by atoms with Gasteiger partial charge in [-0.2, -0.15) is 0 Å². The van der Waals surface area contributed by atoms with E-state index in [9.17, 15) is 4.79 Å². The number of nitrogens with two attached hydrogens (primary N) is 1. The van der Waals surface area contributed by atoms with Gasteiger partial charge in [0.05, 0.1) is 6.54 Å². The normalized spacial score (nSPS) is 15.0. The number of amides is 1. The fraction of sp³-hybridized carbons (Fsp3) is 0.522. The zero-order valence-electron chi connectivity index (χ0n) is 19.2. The Balaban J connectivity index is 0.000000296. The summed E-state index contributed by atoms with van der Waals surface area (Å²) in [6, 6.07) is 0. The van der Waals surface area contributed by atoms with E-state index >= 15 is 0 Å². The van der Waals surface area contributed by atoms with Crippen LogP contribution in [0.5, 0.6) is 0 Å². The zero-order chi connectivity index (χ0) is 23.1. The van der Waals surface area contributed by atoms with Crippen molar-refractivity contribution < 1.29 is 4.79 Å². The Kier molecular flexibility index (Phi) is 13.3. The summed E-state index contributed by atoms with van der Waals surface area (Å²) in [5, 5.41) is 6.24. The molecule has 7 nitrogen and oxygen atoms in total. The van der Waals surface area contributed by atoms with Crippen LogP contribution in [0.3, 0.4) is 0 Å².